The topological polar surface area (TPSA) is 81.7 Å². The van der Waals surface area contributed by atoms with Gasteiger partial charge in [0.25, 0.3) is 0 Å². The van der Waals surface area contributed by atoms with Gasteiger partial charge in [-0.3, -0.25) is 0 Å². The van der Waals surface area contributed by atoms with Gasteiger partial charge < -0.3 is 24.8 Å². The van der Waals surface area contributed by atoms with Crippen molar-refractivity contribution in [3.63, 3.8) is 0 Å². The summed E-state index contributed by atoms with van der Waals surface area (Å²) >= 11 is 0. The van der Waals surface area contributed by atoms with Gasteiger partial charge >= 0.3 is 0 Å². The van der Waals surface area contributed by atoms with E-state index in [0.29, 0.717) is 13.1 Å². The van der Waals surface area contributed by atoms with Crippen molar-refractivity contribution < 1.29 is 4.74 Å². The van der Waals surface area contributed by atoms with Gasteiger partial charge in [-0.25, -0.2) is 15.0 Å². The molecule has 3 heterocycles. The smallest absolute Gasteiger partial charge is 0.194 e. The lowest BCUT2D eigenvalue weighted by Crippen LogP contribution is -2.39. The highest BCUT2D eigenvalue weighted by atomic mass is 16.5. The van der Waals surface area contributed by atoms with Gasteiger partial charge in [0.05, 0.1) is 38.2 Å². The molecule has 1 fully saturated rings. The minimum Gasteiger partial charge on any atom is -0.378 e. The molecule has 1 aliphatic heterocycles. The summed E-state index contributed by atoms with van der Waals surface area (Å²) in [6.45, 7) is 7.24. The Hall–Kier alpha value is -3.39. The van der Waals surface area contributed by atoms with Gasteiger partial charge in [0.1, 0.15) is 11.6 Å². The molecule has 0 aliphatic carbocycles. The molecule has 1 saturated heterocycles. The predicted octanol–water partition coefficient (Wildman–Crippen LogP) is 2.91. The maximum Gasteiger partial charge on any atom is 0.194 e. The van der Waals surface area contributed by atoms with Crippen LogP contribution in [0.3, 0.4) is 0 Å². The number of hydrogen-bond acceptors (Lipinski definition) is 5. The average molecular weight is 434 g/mol. The van der Waals surface area contributed by atoms with Crippen molar-refractivity contribution in [1.82, 2.24) is 25.2 Å². The molecule has 2 N–H and O–H groups in total. The molecule has 0 saturated carbocycles. The Kier molecular flexibility index (Phi) is 7.34. The van der Waals surface area contributed by atoms with E-state index in [1.807, 2.05) is 43.7 Å². The second-order valence-corrected chi connectivity index (χ2v) is 7.72. The maximum atomic E-state index is 5.49. The Bertz CT molecular complexity index is 1010. The second kappa shape index (κ2) is 10.8. The van der Waals surface area contributed by atoms with Gasteiger partial charge in [-0.1, -0.05) is 36.4 Å². The van der Waals surface area contributed by atoms with Gasteiger partial charge in [-0.2, -0.15) is 0 Å². The Morgan fingerprint density at radius 1 is 1.16 bits per heavy atom. The number of guanidine groups is 1. The van der Waals surface area contributed by atoms with Gasteiger partial charge in [-0.15, -0.1) is 0 Å². The van der Waals surface area contributed by atoms with E-state index in [9.17, 15) is 0 Å². The molecule has 8 nitrogen and oxygen atoms in total. The van der Waals surface area contributed by atoms with Crippen LogP contribution in [0.5, 0.6) is 0 Å². The average Bonchev–Trinajstić information content (AvgIpc) is 3.31. The molecule has 8 heteroatoms. The Morgan fingerprint density at radius 3 is 2.75 bits per heavy atom. The number of rotatable bonds is 7. The van der Waals surface area contributed by atoms with E-state index < -0.39 is 0 Å². The van der Waals surface area contributed by atoms with Crippen LogP contribution < -0.4 is 10.2 Å². The van der Waals surface area contributed by atoms with Crippen molar-refractivity contribution in [2.45, 2.75) is 20.0 Å². The largest absolute Gasteiger partial charge is 0.378 e. The van der Waals surface area contributed by atoms with E-state index in [1.165, 1.54) is 0 Å². The van der Waals surface area contributed by atoms with E-state index >= 15 is 0 Å². The summed E-state index contributed by atoms with van der Waals surface area (Å²) in [5.74, 6) is 2.73. The first-order chi connectivity index (χ1) is 15.7. The van der Waals surface area contributed by atoms with E-state index in [0.717, 1.165) is 67.3 Å². The number of aliphatic imine (C=N–C) groups is 1. The molecule has 168 valence electrons. The van der Waals surface area contributed by atoms with E-state index in [1.54, 1.807) is 0 Å². The van der Waals surface area contributed by atoms with Crippen molar-refractivity contribution in [3.05, 3.63) is 66.2 Å². The number of imidazole rings is 1. The van der Waals surface area contributed by atoms with Crippen molar-refractivity contribution in [2.24, 2.45) is 4.99 Å². The number of benzene rings is 1. The summed E-state index contributed by atoms with van der Waals surface area (Å²) in [5, 5.41) is 3.39. The highest BCUT2D eigenvalue weighted by Crippen LogP contribution is 2.20. The summed E-state index contributed by atoms with van der Waals surface area (Å²) in [5.41, 5.74) is 3.26. The summed E-state index contributed by atoms with van der Waals surface area (Å²) in [7, 11) is 2.03. The molecule has 32 heavy (non-hydrogen) atoms. The molecule has 0 amide bonds. The lowest BCUT2D eigenvalue weighted by atomic mass is 10.2. The highest BCUT2D eigenvalue weighted by molar-refractivity contribution is 5.79. The number of aromatic amines is 1. The van der Waals surface area contributed by atoms with Crippen LogP contribution in [0, 0.1) is 0 Å². The fourth-order valence-electron chi connectivity index (χ4n) is 3.75. The number of ether oxygens (including phenoxy) is 1. The number of hydrogen-bond donors (Lipinski definition) is 2. The number of aromatic nitrogens is 3. The highest BCUT2D eigenvalue weighted by Gasteiger charge is 2.16. The van der Waals surface area contributed by atoms with E-state index in [-0.39, 0.29) is 0 Å². The van der Waals surface area contributed by atoms with Crippen LogP contribution in [0.4, 0.5) is 5.82 Å². The molecule has 3 aromatic rings. The van der Waals surface area contributed by atoms with Crippen LogP contribution >= 0.6 is 0 Å². The van der Waals surface area contributed by atoms with Gasteiger partial charge in [0.15, 0.2) is 5.96 Å². The molecular weight excluding hydrogens is 402 g/mol. The Balaban J connectivity index is 1.46. The first kappa shape index (κ1) is 21.8. The van der Waals surface area contributed by atoms with Crippen LogP contribution in [0.2, 0.25) is 0 Å². The van der Waals surface area contributed by atoms with Crippen LogP contribution in [0.15, 0.2) is 59.9 Å². The molecular formula is C24H31N7O. The van der Waals surface area contributed by atoms with Crippen LogP contribution in [0.25, 0.3) is 11.3 Å². The molecule has 0 bridgehead atoms. The normalized spacial score (nSPS) is 14.4. The first-order valence-electron chi connectivity index (χ1n) is 11.1. The quantitative estimate of drug-likeness (QED) is 0.440. The SMILES string of the molecule is CCNC(=NCc1cccnc1N1CCOCC1)N(C)Cc1ncc(-c2ccccc2)[nH]1. The van der Waals surface area contributed by atoms with Crippen molar-refractivity contribution >= 4 is 11.8 Å². The molecule has 0 unspecified atom stereocenters. The van der Waals surface area contributed by atoms with Crippen molar-refractivity contribution in [1.29, 1.82) is 0 Å². The number of nitrogens with one attached hydrogen (secondary N) is 2. The van der Waals surface area contributed by atoms with Crippen LogP contribution in [-0.4, -0.2) is 65.7 Å². The Labute approximate surface area is 189 Å². The summed E-state index contributed by atoms with van der Waals surface area (Å²) in [6.07, 6.45) is 3.73. The van der Waals surface area contributed by atoms with Gasteiger partial charge in [0, 0.05) is 38.4 Å². The molecule has 2 aromatic heterocycles. The fraction of sp³-hybridized carbons (Fsp3) is 0.375. The second-order valence-electron chi connectivity index (χ2n) is 7.72. The number of pyridine rings is 1. The molecule has 1 aromatic carbocycles. The van der Waals surface area contributed by atoms with Crippen molar-refractivity contribution in [2.75, 3.05) is 44.8 Å². The van der Waals surface area contributed by atoms with Crippen LogP contribution in [-0.2, 0) is 17.8 Å². The zero-order valence-corrected chi connectivity index (χ0v) is 18.8. The molecule has 4 rings (SSSR count). The number of morpholine rings is 1. The standard InChI is InChI=1S/C24H31N7O/c1-3-25-24(28-16-20-10-7-11-26-23(20)31-12-14-32-15-13-31)30(2)18-22-27-17-21(29-22)19-8-5-4-6-9-19/h4-11,17H,3,12-16,18H2,1-2H3,(H,25,28)(H,27,29). The number of anilines is 1. The minimum atomic E-state index is 0.556. The monoisotopic (exact) mass is 433 g/mol. The lowest BCUT2D eigenvalue weighted by Gasteiger charge is -2.29. The zero-order chi connectivity index (χ0) is 22.2. The number of nitrogens with zero attached hydrogens (tertiary/aromatic N) is 5. The van der Waals surface area contributed by atoms with Crippen molar-refractivity contribution in [3.8, 4) is 11.3 Å². The molecule has 1 aliphatic rings. The third kappa shape index (κ3) is 5.45. The minimum absolute atomic E-state index is 0.556. The summed E-state index contributed by atoms with van der Waals surface area (Å²) in [4.78, 5) is 21.9. The van der Waals surface area contributed by atoms with Crippen LogP contribution in [0.1, 0.15) is 18.3 Å². The third-order valence-electron chi connectivity index (χ3n) is 5.37. The predicted molar refractivity (Wildman–Crippen MR) is 128 cm³/mol. The molecule has 0 atom stereocenters. The summed E-state index contributed by atoms with van der Waals surface area (Å²) < 4.78 is 5.49. The van der Waals surface area contributed by atoms with Gasteiger partial charge in [0.2, 0.25) is 0 Å². The van der Waals surface area contributed by atoms with E-state index in [4.69, 9.17) is 9.73 Å². The lowest BCUT2D eigenvalue weighted by molar-refractivity contribution is 0.122. The third-order valence-corrected chi connectivity index (χ3v) is 5.37. The van der Waals surface area contributed by atoms with E-state index in [2.05, 4.69) is 55.2 Å². The summed E-state index contributed by atoms with van der Waals surface area (Å²) in [6, 6.07) is 14.3. The zero-order valence-electron chi connectivity index (χ0n) is 18.8. The molecule has 0 spiro atoms. The maximum absolute atomic E-state index is 5.49. The number of H-pyrrole nitrogens is 1. The van der Waals surface area contributed by atoms with Gasteiger partial charge in [-0.05, 0) is 18.6 Å². The fourth-order valence-corrected chi connectivity index (χ4v) is 3.75. The Morgan fingerprint density at radius 2 is 1.97 bits per heavy atom. The molecule has 0 radical (unpaired) electrons. The first-order valence-corrected chi connectivity index (χ1v) is 11.1.